The van der Waals surface area contributed by atoms with Gasteiger partial charge in [-0.1, -0.05) is 11.6 Å². The highest BCUT2D eigenvalue weighted by molar-refractivity contribution is 6.30. The molecule has 0 saturated carbocycles. The summed E-state index contributed by atoms with van der Waals surface area (Å²) in [6.45, 7) is 4.56. The quantitative estimate of drug-likeness (QED) is 0.810. The summed E-state index contributed by atoms with van der Waals surface area (Å²) in [4.78, 5) is 30.9. The van der Waals surface area contributed by atoms with E-state index in [1.165, 1.54) is 0 Å². The molecule has 2 unspecified atom stereocenters. The van der Waals surface area contributed by atoms with E-state index in [0.29, 0.717) is 19.1 Å². The van der Waals surface area contributed by atoms with Crippen molar-refractivity contribution in [3.8, 4) is 0 Å². The number of urea groups is 1. The predicted molar refractivity (Wildman–Crippen MR) is 105 cm³/mol. The molecule has 1 aromatic carbocycles. The molecule has 2 atom stereocenters. The fraction of sp³-hybridized carbons (Fsp3) is 0.579. The molecular formula is C19H26ClN5O2. The van der Waals surface area contributed by atoms with Crippen molar-refractivity contribution in [1.82, 2.24) is 20.4 Å². The van der Waals surface area contributed by atoms with Crippen molar-refractivity contribution in [3.05, 3.63) is 29.3 Å². The van der Waals surface area contributed by atoms with E-state index in [1.807, 2.05) is 34.1 Å². The number of benzene rings is 1. The van der Waals surface area contributed by atoms with Crippen LogP contribution in [0.15, 0.2) is 24.3 Å². The number of amides is 3. The number of piperazine rings is 2. The van der Waals surface area contributed by atoms with Gasteiger partial charge in [-0.2, -0.15) is 0 Å². The molecule has 2 N–H and O–H groups in total. The summed E-state index contributed by atoms with van der Waals surface area (Å²) in [6, 6.07) is 8.31. The molecular weight excluding hydrogens is 366 g/mol. The Balaban J connectivity index is 1.22. The minimum Gasteiger partial charge on any atom is -0.368 e. The fourth-order valence-electron chi connectivity index (χ4n) is 4.19. The van der Waals surface area contributed by atoms with Crippen LogP contribution in [-0.2, 0) is 4.79 Å². The Morgan fingerprint density at radius 2 is 1.85 bits per heavy atom. The highest BCUT2D eigenvalue weighted by Gasteiger charge is 2.36. The average molecular weight is 392 g/mol. The van der Waals surface area contributed by atoms with Crippen LogP contribution >= 0.6 is 11.6 Å². The van der Waals surface area contributed by atoms with E-state index in [2.05, 4.69) is 15.5 Å². The van der Waals surface area contributed by atoms with Crippen LogP contribution in [0.5, 0.6) is 0 Å². The molecule has 146 valence electrons. The summed E-state index contributed by atoms with van der Waals surface area (Å²) >= 11 is 5.94. The largest absolute Gasteiger partial charge is 0.368 e. The minimum atomic E-state index is -0.112. The van der Waals surface area contributed by atoms with E-state index in [4.69, 9.17) is 11.6 Å². The molecule has 0 aromatic heterocycles. The van der Waals surface area contributed by atoms with E-state index < -0.39 is 0 Å². The predicted octanol–water partition coefficient (Wildman–Crippen LogP) is 1.13. The number of rotatable bonds is 3. The fourth-order valence-corrected chi connectivity index (χ4v) is 4.31. The van der Waals surface area contributed by atoms with Crippen LogP contribution in [0.4, 0.5) is 10.5 Å². The smallest absolute Gasteiger partial charge is 0.318 e. The number of carbonyl (C=O) groups excluding carboxylic acids is 2. The van der Waals surface area contributed by atoms with Crippen LogP contribution in [-0.4, -0.2) is 79.6 Å². The standard InChI is InChI=1S/C19H26ClN5O2/c20-14-1-4-16(5-2-14)23-7-9-24(10-8-23)18(26)12-22-19(27)25-13-15-3-6-17(25)11-21-15/h1-2,4-5,15,17,21H,3,6-13H2,(H,22,27). The zero-order valence-electron chi connectivity index (χ0n) is 15.4. The first-order valence-corrected chi connectivity index (χ1v) is 10.0. The highest BCUT2D eigenvalue weighted by Crippen LogP contribution is 2.22. The van der Waals surface area contributed by atoms with Gasteiger partial charge in [0.05, 0.1) is 6.54 Å². The van der Waals surface area contributed by atoms with Crippen molar-refractivity contribution in [2.24, 2.45) is 0 Å². The lowest BCUT2D eigenvalue weighted by Gasteiger charge is -2.45. The normalized spacial score (nSPS) is 24.9. The molecule has 3 amide bonds. The molecule has 4 fully saturated rings. The Morgan fingerprint density at radius 3 is 2.44 bits per heavy atom. The van der Waals surface area contributed by atoms with E-state index in [9.17, 15) is 9.59 Å². The second-order valence-electron chi connectivity index (χ2n) is 7.49. The van der Waals surface area contributed by atoms with Crippen LogP contribution in [0.2, 0.25) is 5.02 Å². The Hall–Kier alpha value is -1.99. The van der Waals surface area contributed by atoms with Crippen molar-refractivity contribution < 1.29 is 9.59 Å². The van der Waals surface area contributed by atoms with Crippen LogP contribution in [0.25, 0.3) is 0 Å². The SMILES string of the molecule is O=C(CNC(=O)N1CC2CCC1CN2)N1CCN(c2ccc(Cl)cc2)CC1. The van der Waals surface area contributed by atoms with E-state index in [1.54, 1.807) is 0 Å². The average Bonchev–Trinajstić information content (AvgIpc) is 2.73. The Morgan fingerprint density at radius 1 is 1.11 bits per heavy atom. The number of halogens is 1. The Labute approximate surface area is 164 Å². The molecule has 4 heterocycles. The zero-order valence-corrected chi connectivity index (χ0v) is 16.1. The molecule has 0 radical (unpaired) electrons. The molecule has 7 nitrogen and oxygen atoms in total. The molecule has 2 bridgehead atoms. The van der Waals surface area contributed by atoms with Crippen molar-refractivity contribution in [2.45, 2.75) is 24.9 Å². The topological polar surface area (TPSA) is 67.9 Å². The molecule has 5 rings (SSSR count). The lowest BCUT2D eigenvalue weighted by molar-refractivity contribution is -0.130. The molecule has 4 aliphatic heterocycles. The van der Waals surface area contributed by atoms with Gasteiger partial charge in [-0.05, 0) is 37.1 Å². The Bertz CT molecular complexity index is 682. The van der Waals surface area contributed by atoms with Crippen LogP contribution in [0.1, 0.15) is 12.8 Å². The summed E-state index contributed by atoms with van der Waals surface area (Å²) in [7, 11) is 0. The van der Waals surface area contributed by atoms with E-state index >= 15 is 0 Å². The highest BCUT2D eigenvalue weighted by atomic mass is 35.5. The summed E-state index contributed by atoms with van der Waals surface area (Å²) in [6.07, 6.45) is 2.18. The third-order valence-corrected chi connectivity index (χ3v) is 6.08. The number of carbonyl (C=O) groups is 2. The number of hydrogen-bond donors (Lipinski definition) is 2. The summed E-state index contributed by atoms with van der Waals surface area (Å²) in [5.41, 5.74) is 1.12. The van der Waals surface area contributed by atoms with Gasteiger partial charge in [0.2, 0.25) is 5.91 Å². The zero-order chi connectivity index (χ0) is 18.8. The number of piperidine rings is 2. The van der Waals surface area contributed by atoms with Crippen molar-refractivity contribution in [2.75, 3.05) is 50.7 Å². The minimum absolute atomic E-state index is 0.0144. The lowest BCUT2D eigenvalue weighted by Crippen LogP contribution is -2.64. The first-order valence-electron chi connectivity index (χ1n) is 9.66. The Kier molecular flexibility index (Phi) is 5.41. The van der Waals surface area contributed by atoms with Gasteiger partial charge < -0.3 is 25.3 Å². The van der Waals surface area contributed by atoms with Crippen LogP contribution in [0, 0.1) is 0 Å². The maximum Gasteiger partial charge on any atom is 0.318 e. The van der Waals surface area contributed by atoms with Gasteiger partial charge in [0.15, 0.2) is 0 Å². The maximum absolute atomic E-state index is 12.5. The van der Waals surface area contributed by atoms with Gasteiger partial charge >= 0.3 is 6.03 Å². The number of anilines is 1. The van der Waals surface area contributed by atoms with E-state index in [-0.39, 0.29) is 24.5 Å². The summed E-state index contributed by atoms with van der Waals surface area (Å²) < 4.78 is 0. The van der Waals surface area contributed by atoms with Gasteiger partial charge in [-0.15, -0.1) is 0 Å². The first kappa shape index (κ1) is 18.4. The van der Waals surface area contributed by atoms with Gasteiger partial charge in [0.25, 0.3) is 0 Å². The van der Waals surface area contributed by atoms with E-state index in [0.717, 1.165) is 49.7 Å². The number of nitrogens with zero attached hydrogens (tertiary/aromatic N) is 3. The van der Waals surface area contributed by atoms with Gasteiger partial charge in [-0.3, -0.25) is 4.79 Å². The molecule has 8 heteroatoms. The maximum atomic E-state index is 12.5. The number of fused-ring (bicyclic) bond motifs is 3. The monoisotopic (exact) mass is 391 g/mol. The van der Waals surface area contributed by atoms with Gasteiger partial charge in [0.1, 0.15) is 0 Å². The number of nitrogens with one attached hydrogen (secondary N) is 2. The molecule has 4 saturated heterocycles. The van der Waals surface area contributed by atoms with Gasteiger partial charge in [-0.25, -0.2) is 4.79 Å². The summed E-state index contributed by atoms with van der Waals surface area (Å²) in [5, 5.41) is 6.98. The third-order valence-electron chi connectivity index (χ3n) is 5.82. The first-order chi connectivity index (χ1) is 13.1. The van der Waals surface area contributed by atoms with Crippen molar-refractivity contribution >= 4 is 29.2 Å². The summed E-state index contributed by atoms with van der Waals surface area (Å²) in [5.74, 6) is -0.0144. The molecule has 1 aromatic rings. The second-order valence-corrected chi connectivity index (χ2v) is 7.93. The third kappa shape index (κ3) is 4.14. The van der Waals surface area contributed by atoms with Crippen molar-refractivity contribution in [1.29, 1.82) is 0 Å². The molecule has 0 aliphatic carbocycles. The van der Waals surface area contributed by atoms with Gasteiger partial charge in [0, 0.05) is 62.1 Å². The van der Waals surface area contributed by atoms with Crippen LogP contribution < -0.4 is 15.5 Å². The lowest BCUT2D eigenvalue weighted by atomic mass is 9.93. The number of hydrogen-bond acceptors (Lipinski definition) is 4. The molecule has 27 heavy (non-hydrogen) atoms. The second kappa shape index (κ2) is 7.94. The van der Waals surface area contributed by atoms with Crippen molar-refractivity contribution in [3.63, 3.8) is 0 Å². The molecule has 0 spiro atoms. The van der Waals surface area contributed by atoms with Crippen LogP contribution in [0.3, 0.4) is 0 Å². The molecule has 4 aliphatic rings.